The lowest BCUT2D eigenvalue weighted by molar-refractivity contribution is -0.139. The van der Waals surface area contributed by atoms with Crippen molar-refractivity contribution in [3.8, 4) is 0 Å². The van der Waals surface area contributed by atoms with Gasteiger partial charge in [-0.05, 0) is 43.0 Å². The summed E-state index contributed by atoms with van der Waals surface area (Å²) >= 11 is 0. The first-order valence-electron chi connectivity index (χ1n) is 13.5. The van der Waals surface area contributed by atoms with Crippen molar-refractivity contribution in [2.24, 2.45) is 11.7 Å². The largest absolute Gasteiger partial charge is 0.369 e. The van der Waals surface area contributed by atoms with Crippen LogP contribution in [0.15, 0.2) is 24.3 Å². The number of nitrogens with two attached hydrogens (primary N) is 1. The number of nitrogens with zero attached hydrogens (tertiary/aromatic N) is 3. The number of nitrogens with one attached hydrogen (secondary N) is 1. The third-order valence-corrected chi connectivity index (χ3v) is 8.67. The number of amides is 2. The van der Waals surface area contributed by atoms with E-state index in [-0.39, 0.29) is 36.7 Å². The number of rotatable bonds is 7. The Hall–Kier alpha value is -2.49. The zero-order valence-corrected chi connectivity index (χ0v) is 21.4. The first kappa shape index (κ1) is 25.2. The van der Waals surface area contributed by atoms with Gasteiger partial charge in [0.15, 0.2) is 5.78 Å². The number of likely N-dealkylation sites (tertiary alicyclic amines) is 1. The summed E-state index contributed by atoms with van der Waals surface area (Å²) in [5, 5.41) is 2.96. The van der Waals surface area contributed by atoms with Gasteiger partial charge in [-0.3, -0.25) is 19.3 Å². The maximum Gasteiger partial charge on any atom is 0.251 e. The molecule has 0 unspecified atom stereocenters. The Morgan fingerprint density at radius 2 is 1.83 bits per heavy atom. The van der Waals surface area contributed by atoms with Crippen LogP contribution in [0.1, 0.15) is 49.9 Å². The first-order chi connectivity index (χ1) is 17.4. The summed E-state index contributed by atoms with van der Waals surface area (Å²) in [6, 6.07) is 6.64. The van der Waals surface area contributed by atoms with Crippen LogP contribution in [-0.4, -0.2) is 97.0 Å². The molecule has 9 heteroatoms. The molecule has 3 aliphatic heterocycles. The summed E-state index contributed by atoms with van der Waals surface area (Å²) in [7, 11) is 0. The zero-order chi connectivity index (χ0) is 25.4. The van der Waals surface area contributed by atoms with Gasteiger partial charge in [0.05, 0.1) is 6.04 Å². The number of fused-ring (bicyclic) bond motifs is 1. The smallest absolute Gasteiger partial charge is 0.251 e. The fraction of sp³-hybridized carbons (Fsp3) is 0.667. The van der Waals surface area contributed by atoms with Crippen molar-refractivity contribution >= 4 is 23.3 Å². The van der Waals surface area contributed by atoms with Crippen molar-refractivity contribution in [1.82, 2.24) is 15.1 Å². The second-order valence-electron chi connectivity index (χ2n) is 10.8. The molecule has 5 rings (SSSR count). The van der Waals surface area contributed by atoms with Gasteiger partial charge >= 0.3 is 0 Å². The highest BCUT2D eigenvalue weighted by Gasteiger charge is 2.52. The zero-order valence-electron chi connectivity index (χ0n) is 21.4. The third kappa shape index (κ3) is 4.76. The van der Waals surface area contributed by atoms with E-state index in [4.69, 9.17) is 10.5 Å². The molecule has 5 atom stereocenters. The number of ketones is 1. The Morgan fingerprint density at radius 3 is 2.44 bits per heavy atom. The molecule has 1 aliphatic carbocycles. The molecule has 3 N–H and O–H groups in total. The van der Waals surface area contributed by atoms with Crippen LogP contribution in [0, 0.1) is 5.92 Å². The predicted molar refractivity (Wildman–Crippen MR) is 137 cm³/mol. The van der Waals surface area contributed by atoms with Gasteiger partial charge in [0, 0.05) is 50.0 Å². The fourth-order valence-electron chi connectivity index (χ4n) is 5.93. The number of benzene rings is 1. The molecule has 196 valence electrons. The van der Waals surface area contributed by atoms with E-state index >= 15 is 0 Å². The Bertz CT molecular complexity index is 973. The van der Waals surface area contributed by atoms with Gasteiger partial charge in [-0.1, -0.05) is 26.7 Å². The molecule has 3 saturated heterocycles. The number of carbonyl (C=O) groups excluding carboxylic acids is 3. The molecule has 0 bridgehead atoms. The number of carbonyl (C=O) groups is 3. The van der Waals surface area contributed by atoms with Crippen molar-refractivity contribution in [2.45, 2.75) is 69.8 Å². The van der Waals surface area contributed by atoms with Crippen LogP contribution >= 0.6 is 0 Å². The molecule has 0 aromatic heterocycles. The van der Waals surface area contributed by atoms with Crippen molar-refractivity contribution < 1.29 is 19.1 Å². The highest BCUT2D eigenvalue weighted by Crippen LogP contribution is 2.29. The maximum absolute atomic E-state index is 13.5. The predicted octanol–water partition coefficient (Wildman–Crippen LogP) is 1.01. The molecule has 0 spiro atoms. The lowest BCUT2D eigenvalue weighted by Gasteiger charge is -2.43. The summed E-state index contributed by atoms with van der Waals surface area (Å²) in [4.78, 5) is 45.6. The molecule has 2 amide bonds. The van der Waals surface area contributed by atoms with Crippen LogP contribution in [0.5, 0.6) is 0 Å². The van der Waals surface area contributed by atoms with Crippen LogP contribution in [0.25, 0.3) is 0 Å². The van der Waals surface area contributed by atoms with Gasteiger partial charge in [-0.15, -0.1) is 0 Å². The number of hydrogen-bond acceptors (Lipinski definition) is 7. The topological polar surface area (TPSA) is 108 Å². The lowest BCUT2D eigenvalue weighted by atomic mass is 9.91. The number of piperazine rings is 1. The van der Waals surface area contributed by atoms with Crippen LogP contribution in [-0.2, 0) is 14.3 Å². The van der Waals surface area contributed by atoms with Gasteiger partial charge in [0.1, 0.15) is 24.8 Å². The van der Waals surface area contributed by atoms with E-state index in [0.717, 1.165) is 37.9 Å². The monoisotopic (exact) mass is 497 g/mol. The fourth-order valence-corrected chi connectivity index (χ4v) is 5.93. The molecule has 9 nitrogen and oxygen atoms in total. The average molecular weight is 498 g/mol. The first-order valence-corrected chi connectivity index (χ1v) is 13.5. The normalized spacial score (nSPS) is 28.5. The maximum atomic E-state index is 13.5. The summed E-state index contributed by atoms with van der Waals surface area (Å²) in [6.45, 7) is 8.32. The highest BCUT2D eigenvalue weighted by atomic mass is 16.5. The molecule has 1 saturated carbocycles. The molecular weight excluding hydrogens is 458 g/mol. The van der Waals surface area contributed by atoms with E-state index in [0.29, 0.717) is 12.0 Å². The lowest BCUT2D eigenvalue weighted by Crippen LogP contribution is -2.54. The Kier molecular flexibility index (Phi) is 7.32. The van der Waals surface area contributed by atoms with Crippen molar-refractivity contribution in [1.29, 1.82) is 0 Å². The minimum Gasteiger partial charge on any atom is -0.369 e. The van der Waals surface area contributed by atoms with Crippen LogP contribution < -0.4 is 16.0 Å². The Labute approximate surface area is 213 Å². The third-order valence-electron chi connectivity index (χ3n) is 8.67. The molecule has 1 aromatic rings. The van der Waals surface area contributed by atoms with E-state index in [1.165, 1.54) is 24.2 Å². The minimum absolute atomic E-state index is 0.0187. The number of anilines is 1. The number of Topliss-reactive ketones (excluding diaryl/α,β-unsaturated/α-hetero) is 1. The van der Waals surface area contributed by atoms with Gasteiger partial charge in [-0.2, -0.15) is 0 Å². The van der Waals surface area contributed by atoms with Crippen molar-refractivity contribution in [3.05, 3.63) is 29.8 Å². The summed E-state index contributed by atoms with van der Waals surface area (Å²) in [5.41, 5.74) is 7.79. The van der Waals surface area contributed by atoms with E-state index in [9.17, 15) is 14.4 Å². The minimum atomic E-state index is -0.735. The van der Waals surface area contributed by atoms with Crippen molar-refractivity contribution in [2.75, 3.05) is 44.2 Å². The van der Waals surface area contributed by atoms with E-state index < -0.39 is 24.2 Å². The molecule has 4 fully saturated rings. The van der Waals surface area contributed by atoms with Gasteiger partial charge in [0.2, 0.25) is 5.91 Å². The molecule has 1 aromatic carbocycles. The molecule has 3 heterocycles. The van der Waals surface area contributed by atoms with Crippen LogP contribution in [0.3, 0.4) is 0 Å². The second kappa shape index (κ2) is 10.5. The quantitative estimate of drug-likeness (QED) is 0.579. The van der Waals surface area contributed by atoms with E-state index in [1.54, 1.807) is 0 Å². The highest BCUT2D eigenvalue weighted by molar-refractivity contribution is 5.99. The van der Waals surface area contributed by atoms with Gasteiger partial charge < -0.3 is 25.6 Å². The standard InChI is InChI=1S/C27H39N5O4/c1-3-17(2)23(27(35)32-15-21(28)25-24(32)22(33)16-36-25)29-26(34)18-7-9-20(10-8-18)31-13-11-30(12-14-31)19-5-4-6-19/h7-10,17,19,21,23-25H,3-6,11-16,28H2,1-2H3,(H,29,34)/t17-,21-,23-,24+,25+/m0/s1. The van der Waals surface area contributed by atoms with Crippen LogP contribution in [0.2, 0.25) is 0 Å². The van der Waals surface area contributed by atoms with Gasteiger partial charge in [0.25, 0.3) is 5.91 Å². The Balaban J connectivity index is 1.22. The SMILES string of the molecule is CC[C@H](C)[C@H](NC(=O)c1ccc(N2CCN(C3CCC3)CC2)cc1)C(=O)N1C[C@H](N)[C@H]2OCC(=O)[C@H]21. The second-order valence-corrected chi connectivity index (χ2v) is 10.8. The molecule has 0 radical (unpaired) electrons. The summed E-state index contributed by atoms with van der Waals surface area (Å²) in [6.07, 6.45) is 4.27. The summed E-state index contributed by atoms with van der Waals surface area (Å²) in [5.74, 6) is -0.774. The number of hydrogen-bond donors (Lipinski definition) is 2. The molecule has 36 heavy (non-hydrogen) atoms. The van der Waals surface area contributed by atoms with E-state index in [2.05, 4.69) is 15.1 Å². The summed E-state index contributed by atoms with van der Waals surface area (Å²) < 4.78 is 5.52. The number of ether oxygens (including phenoxy) is 1. The average Bonchev–Trinajstić information content (AvgIpc) is 3.41. The van der Waals surface area contributed by atoms with E-state index in [1.807, 2.05) is 38.1 Å². The van der Waals surface area contributed by atoms with Crippen molar-refractivity contribution in [3.63, 3.8) is 0 Å². The Morgan fingerprint density at radius 1 is 1.14 bits per heavy atom. The molecule has 4 aliphatic rings. The van der Waals surface area contributed by atoms with Gasteiger partial charge in [-0.25, -0.2) is 0 Å². The molecular formula is C27H39N5O4. The van der Waals surface area contributed by atoms with Crippen LogP contribution in [0.4, 0.5) is 5.69 Å².